The summed E-state index contributed by atoms with van der Waals surface area (Å²) in [4.78, 5) is 0. The van der Waals surface area contributed by atoms with Gasteiger partial charge in [0.25, 0.3) is 0 Å². The molecule has 3 rings (SSSR count). The van der Waals surface area contributed by atoms with Crippen LogP contribution in [0.5, 0.6) is 0 Å². The first kappa shape index (κ1) is 15.1. The van der Waals surface area contributed by atoms with Crippen LogP contribution in [0.15, 0.2) is 30.3 Å². The predicted molar refractivity (Wildman–Crippen MR) is 89.7 cm³/mol. The Balaban J connectivity index is 1.41. The van der Waals surface area contributed by atoms with Crippen LogP contribution in [0.25, 0.3) is 0 Å². The Morgan fingerprint density at radius 2 is 1.52 bits per heavy atom. The first-order valence-electron chi connectivity index (χ1n) is 8.60. The lowest BCUT2D eigenvalue weighted by Gasteiger charge is -2.34. The number of benzene rings is 1. The average molecular weight is 286 g/mol. The van der Waals surface area contributed by atoms with Gasteiger partial charge in [0.15, 0.2) is 0 Å². The van der Waals surface area contributed by atoms with Crippen LogP contribution in [0.2, 0.25) is 0 Å². The number of hydrogen-bond acceptors (Lipinski definition) is 2. The van der Waals surface area contributed by atoms with E-state index in [1.807, 2.05) is 0 Å². The third kappa shape index (κ3) is 4.31. The minimum Gasteiger partial charge on any atom is -0.311 e. The molecule has 0 bridgehead atoms. The van der Waals surface area contributed by atoms with Crippen molar-refractivity contribution in [1.82, 2.24) is 10.6 Å². The van der Waals surface area contributed by atoms with E-state index < -0.39 is 0 Å². The molecule has 1 aromatic rings. The fraction of sp³-hybridized carbons (Fsp3) is 0.684. The predicted octanol–water partition coefficient (Wildman–Crippen LogP) is 3.83. The van der Waals surface area contributed by atoms with Crippen LogP contribution in [0.4, 0.5) is 0 Å². The molecule has 0 spiro atoms. The summed E-state index contributed by atoms with van der Waals surface area (Å²) >= 11 is 0. The molecule has 0 aliphatic heterocycles. The standard InChI is InChI=1S/C19H30N2/c1-19(2,3)21-16-11-9-15(10-12-16)20-18-13-17(18)14-7-5-4-6-8-14/h4-8,15-18,20-21H,9-13H2,1-3H3/t15?,16?,17?,18-/m1/s1. The maximum absolute atomic E-state index is 3.90. The maximum Gasteiger partial charge on any atom is 0.0145 e. The third-order valence-electron chi connectivity index (χ3n) is 4.83. The van der Waals surface area contributed by atoms with Crippen molar-refractivity contribution in [3.8, 4) is 0 Å². The molecule has 2 heteroatoms. The summed E-state index contributed by atoms with van der Waals surface area (Å²) in [5, 5.41) is 7.65. The van der Waals surface area contributed by atoms with Gasteiger partial charge in [0, 0.05) is 29.6 Å². The molecule has 2 atom stereocenters. The molecule has 2 aliphatic rings. The molecule has 0 saturated heterocycles. The van der Waals surface area contributed by atoms with E-state index in [1.165, 1.54) is 37.7 Å². The lowest BCUT2D eigenvalue weighted by molar-refractivity contribution is 0.260. The molecule has 21 heavy (non-hydrogen) atoms. The van der Waals surface area contributed by atoms with Gasteiger partial charge in [-0.3, -0.25) is 0 Å². The minimum atomic E-state index is 0.250. The van der Waals surface area contributed by atoms with Gasteiger partial charge in [0.1, 0.15) is 0 Å². The van der Waals surface area contributed by atoms with Crippen molar-refractivity contribution in [2.24, 2.45) is 0 Å². The Morgan fingerprint density at radius 1 is 0.905 bits per heavy atom. The van der Waals surface area contributed by atoms with E-state index >= 15 is 0 Å². The van der Waals surface area contributed by atoms with Crippen LogP contribution in [-0.2, 0) is 0 Å². The molecule has 0 aromatic heterocycles. The molecular formula is C19H30N2. The quantitative estimate of drug-likeness (QED) is 0.879. The van der Waals surface area contributed by atoms with Gasteiger partial charge in [-0.05, 0) is 58.4 Å². The maximum atomic E-state index is 3.90. The summed E-state index contributed by atoms with van der Waals surface area (Å²) in [6.07, 6.45) is 6.61. The Morgan fingerprint density at radius 3 is 2.14 bits per heavy atom. The highest BCUT2D eigenvalue weighted by Gasteiger charge is 2.39. The first-order chi connectivity index (χ1) is 10.0. The second-order valence-corrected chi connectivity index (χ2v) is 7.97. The van der Waals surface area contributed by atoms with E-state index in [0.29, 0.717) is 6.04 Å². The van der Waals surface area contributed by atoms with E-state index in [9.17, 15) is 0 Å². The van der Waals surface area contributed by atoms with Crippen LogP contribution >= 0.6 is 0 Å². The van der Waals surface area contributed by atoms with Gasteiger partial charge in [-0.25, -0.2) is 0 Å². The molecule has 1 unspecified atom stereocenters. The highest BCUT2D eigenvalue weighted by molar-refractivity contribution is 5.27. The highest BCUT2D eigenvalue weighted by atomic mass is 15.0. The van der Waals surface area contributed by atoms with Crippen LogP contribution in [-0.4, -0.2) is 23.7 Å². The van der Waals surface area contributed by atoms with Crippen molar-refractivity contribution in [2.45, 2.75) is 82.5 Å². The first-order valence-corrected chi connectivity index (χ1v) is 8.60. The van der Waals surface area contributed by atoms with Crippen molar-refractivity contribution in [3.63, 3.8) is 0 Å². The number of hydrogen-bond donors (Lipinski definition) is 2. The zero-order valence-corrected chi connectivity index (χ0v) is 13.7. The summed E-state index contributed by atoms with van der Waals surface area (Å²) in [7, 11) is 0. The summed E-state index contributed by atoms with van der Waals surface area (Å²) in [6, 6.07) is 13.2. The molecular weight excluding hydrogens is 256 g/mol. The van der Waals surface area contributed by atoms with E-state index in [-0.39, 0.29) is 5.54 Å². The summed E-state index contributed by atoms with van der Waals surface area (Å²) in [6.45, 7) is 6.81. The normalized spacial score (nSPS) is 32.9. The molecule has 116 valence electrons. The topological polar surface area (TPSA) is 24.1 Å². The molecule has 1 aromatic carbocycles. The van der Waals surface area contributed by atoms with Crippen LogP contribution < -0.4 is 10.6 Å². The van der Waals surface area contributed by atoms with Crippen molar-refractivity contribution < 1.29 is 0 Å². The number of rotatable bonds is 4. The lowest BCUT2D eigenvalue weighted by Crippen LogP contribution is -2.47. The zero-order chi connectivity index (χ0) is 14.9. The fourth-order valence-corrected chi connectivity index (χ4v) is 3.77. The highest BCUT2D eigenvalue weighted by Crippen LogP contribution is 2.41. The van der Waals surface area contributed by atoms with Gasteiger partial charge in [0.2, 0.25) is 0 Å². The van der Waals surface area contributed by atoms with Gasteiger partial charge in [-0.1, -0.05) is 30.3 Å². The summed E-state index contributed by atoms with van der Waals surface area (Å²) in [5.74, 6) is 0.761. The molecule has 0 radical (unpaired) electrons. The molecule has 2 N–H and O–H groups in total. The van der Waals surface area contributed by atoms with Crippen LogP contribution in [0.1, 0.15) is 64.4 Å². The Hall–Kier alpha value is -0.860. The SMILES string of the molecule is CC(C)(C)NC1CCC(N[C@@H]2CC2c2ccccc2)CC1. The third-order valence-corrected chi connectivity index (χ3v) is 4.83. The molecule has 2 fully saturated rings. The van der Waals surface area contributed by atoms with E-state index in [4.69, 9.17) is 0 Å². The van der Waals surface area contributed by atoms with E-state index in [1.54, 1.807) is 0 Å². The minimum absolute atomic E-state index is 0.250. The van der Waals surface area contributed by atoms with E-state index in [2.05, 4.69) is 61.7 Å². The monoisotopic (exact) mass is 286 g/mol. The van der Waals surface area contributed by atoms with Crippen molar-refractivity contribution in [3.05, 3.63) is 35.9 Å². The Bertz CT molecular complexity index is 440. The smallest absolute Gasteiger partial charge is 0.0145 e. The van der Waals surface area contributed by atoms with E-state index in [0.717, 1.165) is 18.0 Å². The Kier molecular flexibility index (Phi) is 4.37. The van der Waals surface area contributed by atoms with Gasteiger partial charge < -0.3 is 10.6 Å². The largest absolute Gasteiger partial charge is 0.311 e. The van der Waals surface area contributed by atoms with Gasteiger partial charge in [0.05, 0.1) is 0 Å². The number of nitrogens with one attached hydrogen (secondary N) is 2. The summed E-state index contributed by atoms with van der Waals surface area (Å²) < 4.78 is 0. The van der Waals surface area contributed by atoms with Crippen molar-refractivity contribution in [1.29, 1.82) is 0 Å². The fourth-order valence-electron chi connectivity index (χ4n) is 3.77. The summed E-state index contributed by atoms with van der Waals surface area (Å²) in [5.41, 5.74) is 1.76. The Labute approximate surface area is 129 Å². The molecule has 0 heterocycles. The van der Waals surface area contributed by atoms with Gasteiger partial charge >= 0.3 is 0 Å². The average Bonchev–Trinajstić information content (AvgIpc) is 3.20. The molecule has 2 nitrogen and oxygen atoms in total. The lowest BCUT2D eigenvalue weighted by atomic mass is 9.89. The van der Waals surface area contributed by atoms with Crippen molar-refractivity contribution in [2.75, 3.05) is 0 Å². The second kappa shape index (κ2) is 6.10. The van der Waals surface area contributed by atoms with Gasteiger partial charge in [-0.2, -0.15) is 0 Å². The van der Waals surface area contributed by atoms with Gasteiger partial charge in [-0.15, -0.1) is 0 Å². The van der Waals surface area contributed by atoms with Crippen molar-refractivity contribution >= 4 is 0 Å². The zero-order valence-electron chi connectivity index (χ0n) is 13.7. The van der Waals surface area contributed by atoms with Crippen LogP contribution in [0.3, 0.4) is 0 Å². The molecule has 2 saturated carbocycles. The van der Waals surface area contributed by atoms with Crippen LogP contribution in [0, 0.1) is 0 Å². The molecule has 0 amide bonds. The second-order valence-electron chi connectivity index (χ2n) is 7.97. The molecule has 2 aliphatic carbocycles.